The first-order valence-corrected chi connectivity index (χ1v) is 9.43. The largest absolute Gasteiger partial charge is 0.361 e. The van der Waals surface area contributed by atoms with E-state index >= 15 is 0 Å². The molecule has 2 aromatic carbocycles. The topological polar surface area (TPSA) is 48.1 Å². The number of aromatic nitrogens is 1. The molecule has 4 nitrogen and oxygen atoms in total. The Hall–Kier alpha value is -2.75. The molecule has 3 atom stereocenters. The Labute approximate surface area is 153 Å². The molecule has 132 valence electrons. The zero-order valence-corrected chi connectivity index (χ0v) is 14.7. The lowest BCUT2D eigenvalue weighted by Gasteiger charge is -2.22. The number of fused-ring (bicyclic) bond motifs is 2. The molecule has 1 saturated carbocycles. The highest BCUT2D eigenvalue weighted by molar-refractivity contribution is 5.84. The summed E-state index contributed by atoms with van der Waals surface area (Å²) in [4.78, 5) is 17.9. The molecule has 1 aromatic heterocycles. The van der Waals surface area contributed by atoms with Crippen molar-refractivity contribution in [3.8, 4) is 0 Å². The van der Waals surface area contributed by atoms with Crippen LogP contribution >= 0.6 is 0 Å². The third-order valence-corrected chi connectivity index (χ3v) is 5.92. The molecule has 0 spiro atoms. The van der Waals surface area contributed by atoms with Gasteiger partial charge in [0.1, 0.15) is 0 Å². The molecule has 2 N–H and O–H groups in total. The highest BCUT2D eigenvalue weighted by Gasteiger charge is 2.46. The van der Waals surface area contributed by atoms with Crippen molar-refractivity contribution in [2.45, 2.75) is 12.3 Å². The van der Waals surface area contributed by atoms with E-state index in [1.807, 2.05) is 17.0 Å². The molecule has 5 rings (SSSR count). The molecular weight excluding hydrogens is 322 g/mol. The van der Waals surface area contributed by atoms with Crippen LogP contribution in [-0.4, -0.2) is 35.5 Å². The Kier molecular flexibility index (Phi) is 3.70. The standard InChI is InChI=1S/C22H23N3O/c26-22(25-13-16-10-17(16)14-25)24-11-19(15-6-2-1-3-7-15)20-12-23-21-9-5-4-8-18(20)21/h1-9,12,16-17,19,23H,10-11,13-14H2,(H,24,26). The lowest BCUT2D eigenvalue weighted by molar-refractivity contribution is 0.203. The van der Waals surface area contributed by atoms with Crippen LogP contribution in [0.3, 0.4) is 0 Å². The van der Waals surface area contributed by atoms with Gasteiger partial charge in [0.25, 0.3) is 0 Å². The van der Waals surface area contributed by atoms with Gasteiger partial charge in [0, 0.05) is 42.7 Å². The van der Waals surface area contributed by atoms with Crippen LogP contribution in [0.1, 0.15) is 23.5 Å². The van der Waals surface area contributed by atoms with Crippen LogP contribution in [0.4, 0.5) is 4.79 Å². The fourth-order valence-corrected chi connectivity index (χ4v) is 4.34. The fraction of sp³-hybridized carbons (Fsp3) is 0.318. The van der Waals surface area contributed by atoms with E-state index in [1.54, 1.807) is 0 Å². The van der Waals surface area contributed by atoms with E-state index in [4.69, 9.17) is 0 Å². The quantitative estimate of drug-likeness (QED) is 0.739. The average molecular weight is 345 g/mol. The Morgan fingerprint density at radius 2 is 1.81 bits per heavy atom. The van der Waals surface area contributed by atoms with Gasteiger partial charge in [-0.1, -0.05) is 48.5 Å². The molecule has 4 heteroatoms. The molecular formula is C22H23N3O. The molecule has 1 aliphatic carbocycles. The Balaban J connectivity index is 1.40. The molecule has 3 unspecified atom stereocenters. The number of piperidine rings is 1. The van der Waals surface area contributed by atoms with Gasteiger partial charge < -0.3 is 15.2 Å². The van der Waals surface area contributed by atoms with Crippen LogP contribution in [0, 0.1) is 11.8 Å². The van der Waals surface area contributed by atoms with E-state index in [2.05, 4.69) is 59.0 Å². The van der Waals surface area contributed by atoms with Gasteiger partial charge in [0.15, 0.2) is 0 Å². The zero-order chi connectivity index (χ0) is 17.5. The fourth-order valence-electron chi connectivity index (χ4n) is 4.34. The van der Waals surface area contributed by atoms with E-state index in [0.717, 1.165) is 30.4 Å². The second-order valence-electron chi connectivity index (χ2n) is 7.60. The summed E-state index contributed by atoms with van der Waals surface area (Å²) < 4.78 is 0. The maximum Gasteiger partial charge on any atom is 0.317 e. The first-order chi connectivity index (χ1) is 12.8. The molecule has 3 aromatic rings. The summed E-state index contributed by atoms with van der Waals surface area (Å²) >= 11 is 0. The lowest BCUT2D eigenvalue weighted by atomic mass is 9.91. The van der Waals surface area contributed by atoms with Crippen molar-refractivity contribution < 1.29 is 4.79 Å². The van der Waals surface area contributed by atoms with Gasteiger partial charge in [-0.3, -0.25) is 0 Å². The van der Waals surface area contributed by atoms with Crippen molar-refractivity contribution in [2.75, 3.05) is 19.6 Å². The van der Waals surface area contributed by atoms with E-state index in [9.17, 15) is 4.79 Å². The van der Waals surface area contributed by atoms with Crippen molar-refractivity contribution >= 4 is 16.9 Å². The molecule has 2 fully saturated rings. The third kappa shape index (κ3) is 2.75. The van der Waals surface area contributed by atoms with Crippen LogP contribution in [0.5, 0.6) is 0 Å². The van der Waals surface area contributed by atoms with Gasteiger partial charge in [0.2, 0.25) is 0 Å². The number of amides is 2. The second kappa shape index (κ2) is 6.20. The van der Waals surface area contributed by atoms with Crippen LogP contribution in [-0.2, 0) is 0 Å². The molecule has 2 aliphatic rings. The summed E-state index contributed by atoms with van der Waals surface area (Å²) in [5.41, 5.74) is 3.59. The molecule has 1 saturated heterocycles. The highest BCUT2D eigenvalue weighted by atomic mass is 16.2. The summed E-state index contributed by atoms with van der Waals surface area (Å²) in [6, 6.07) is 18.9. The molecule has 1 aliphatic heterocycles. The van der Waals surface area contributed by atoms with Gasteiger partial charge >= 0.3 is 6.03 Å². The third-order valence-electron chi connectivity index (χ3n) is 5.92. The van der Waals surface area contributed by atoms with Crippen LogP contribution in [0.15, 0.2) is 60.8 Å². The molecule has 26 heavy (non-hydrogen) atoms. The van der Waals surface area contributed by atoms with Crippen molar-refractivity contribution in [3.05, 3.63) is 71.9 Å². The normalized spacial score (nSPS) is 22.2. The number of para-hydroxylation sites is 1. The number of likely N-dealkylation sites (tertiary alicyclic amines) is 1. The summed E-state index contributed by atoms with van der Waals surface area (Å²) in [6.07, 6.45) is 3.39. The minimum Gasteiger partial charge on any atom is -0.361 e. The van der Waals surface area contributed by atoms with Crippen molar-refractivity contribution in [1.29, 1.82) is 0 Å². The maximum absolute atomic E-state index is 12.6. The van der Waals surface area contributed by atoms with E-state index in [1.165, 1.54) is 22.9 Å². The van der Waals surface area contributed by atoms with Gasteiger partial charge in [-0.25, -0.2) is 4.79 Å². The van der Waals surface area contributed by atoms with Gasteiger partial charge in [-0.05, 0) is 35.4 Å². The number of carbonyl (C=O) groups excluding carboxylic acids is 1. The number of H-pyrrole nitrogens is 1. The van der Waals surface area contributed by atoms with Crippen LogP contribution < -0.4 is 5.32 Å². The molecule has 2 amide bonds. The number of carbonyl (C=O) groups is 1. The van der Waals surface area contributed by atoms with Crippen LogP contribution in [0.25, 0.3) is 10.9 Å². The van der Waals surface area contributed by atoms with Crippen molar-refractivity contribution in [2.24, 2.45) is 11.8 Å². The number of nitrogens with one attached hydrogen (secondary N) is 2. The summed E-state index contributed by atoms with van der Waals surface area (Å²) in [7, 11) is 0. The number of rotatable bonds is 4. The predicted octanol–water partition coefficient (Wildman–Crippen LogP) is 3.96. The average Bonchev–Trinajstić information content (AvgIpc) is 3.10. The molecule has 2 heterocycles. The first-order valence-electron chi connectivity index (χ1n) is 9.43. The minimum absolute atomic E-state index is 0.0815. The van der Waals surface area contributed by atoms with Gasteiger partial charge in [-0.2, -0.15) is 0 Å². The SMILES string of the molecule is O=C(NCC(c1ccccc1)c1c[nH]c2ccccc12)N1CC2CC2C1. The summed E-state index contributed by atoms with van der Waals surface area (Å²) in [6.45, 7) is 2.47. The van der Waals surface area contributed by atoms with Gasteiger partial charge in [0.05, 0.1) is 0 Å². The monoisotopic (exact) mass is 345 g/mol. The van der Waals surface area contributed by atoms with E-state index in [0.29, 0.717) is 6.54 Å². The van der Waals surface area contributed by atoms with Crippen molar-refractivity contribution in [3.63, 3.8) is 0 Å². The lowest BCUT2D eigenvalue weighted by Crippen LogP contribution is -2.41. The summed E-state index contributed by atoms with van der Waals surface area (Å²) in [5.74, 6) is 1.66. The molecule has 0 radical (unpaired) electrons. The number of hydrogen-bond donors (Lipinski definition) is 2. The molecule has 0 bridgehead atoms. The number of benzene rings is 2. The Morgan fingerprint density at radius 1 is 1.08 bits per heavy atom. The zero-order valence-electron chi connectivity index (χ0n) is 14.7. The van der Waals surface area contributed by atoms with E-state index in [-0.39, 0.29) is 11.9 Å². The second-order valence-corrected chi connectivity index (χ2v) is 7.60. The smallest absolute Gasteiger partial charge is 0.317 e. The van der Waals surface area contributed by atoms with Crippen molar-refractivity contribution in [1.82, 2.24) is 15.2 Å². The maximum atomic E-state index is 12.6. The highest BCUT2D eigenvalue weighted by Crippen LogP contribution is 2.44. The number of urea groups is 1. The number of hydrogen-bond acceptors (Lipinski definition) is 1. The van der Waals surface area contributed by atoms with E-state index < -0.39 is 0 Å². The predicted molar refractivity (Wildman–Crippen MR) is 103 cm³/mol. The van der Waals surface area contributed by atoms with Crippen LogP contribution in [0.2, 0.25) is 0 Å². The number of aromatic amines is 1. The summed E-state index contributed by atoms with van der Waals surface area (Å²) in [5, 5.41) is 4.41. The Morgan fingerprint density at radius 3 is 2.62 bits per heavy atom. The Bertz CT molecular complexity index is 923. The minimum atomic E-state index is 0.0815. The van der Waals surface area contributed by atoms with Gasteiger partial charge in [-0.15, -0.1) is 0 Å². The first kappa shape index (κ1) is 15.5. The number of nitrogens with zero attached hydrogens (tertiary/aromatic N) is 1.